The molecule has 0 unspecified atom stereocenters. The molecule has 0 spiro atoms. The number of ether oxygens (including phenoxy) is 2. The molecule has 1 N–H and O–H groups in total. The van der Waals surface area contributed by atoms with Crippen LogP contribution in [0.5, 0.6) is 11.5 Å². The zero-order valence-corrected chi connectivity index (χ0v) is 15.0. The van der Waals surface area contributed by atoms with Crippen LogP contribution >= 0.6 is 0 Å². The molecule has 0 aliphatic heterocycles. The summed E-state index contributed by atoms with van der Waals surface area (Å²) < 4.78 is 10.8. The summed E-state index contributed by atoms with van der Waals surface area (Å²) in [6.07, 6.45) is 1.93. The molecular formula is C21H27NO3. The minimum absolute atomic E-state index is 0.295. The van der Waals surface area contributed by atoms with Crippen LogP contribution in [0.2, 0.25) is 0 Å². The van der Waals surface area contributed by atoms with Crippen LogP contribution in [0.15, 0.2) is 48.5 Å². The van der Waals surface area contributed by atoms with Crippen molar-refractivity contribution in [3.05, 3.63) is 59.7 Å². The fourth-order valence-corrected chi connectivity index (χ4v) is 2.98. The minimum atomic E-state index is -0.508. The summed E-state index contributed by atoms with van der Waals surface area (Å²) in [4.78, 5) is 2.38. The van der Waals surface area contributed by atoms with Gasteiger partial charge in [-0.3, -0.25) is 4.90 Å². The van der Waals surface area contributed by atoms with Crippen molar-refractivity contribution in [3.63, 3.8) is 0 Å². The number of hydrogen-bond acceptors (Lipinski definition) is 4. The predicted molar refractivity (Wildman–Crippen MR) is 99.1 cm³/mol. The summed E-state index contributed by atoms with van der Waals surface area (Å²) in [5, 5.41) is 10.4. The van der Waals surface area contributed by atoms with E-state index in [0.29, 0.717) is 19.2 Å². The molecule has 1 aliphatic carbocycles. The van der Waals surface area contributed by atoms with E-state index in [1.165, 1.54) is 24.0 Å². The smallest absolute Gasteiger partial charge is 0.119 e. The Kier molecular flexibility index (Phi) is 5.95. The maximum absolute atomic E-state index is 10.4. The molecular weight excluding hydrogens is 314 g/mol. The molecule has 0 heterocycles. The Morgan fingerprint density at radius 2 is 1.76 bits per heavy atom. The van der Waals surface area contributed by atoms with Gasteiger partial charge in [-0.1, -0.05) is 24.3 Å². The number of aliphatic hydroxyl groups excluding tert-OH is 1. The topological polar surface area (TPSA) is 41.9 Å². The van der Waals surface area contributed by atoms with Gasteiger partial charge in [-0.15, -0.1) is 0 Å². The van der Waals surface area contributed by atoms with E-state index in [4.69, 9.17) is 9.47 Å². The van der Waals surface area contributed by atoms with Gasteiger partial charge < -0.3 is 14.6 Å². The van der Waals surface area contributed by atoms with Crippen LogP contribution in [-0.4, -0.2) is 42.4 Å². The summed E-state index contributed by atoms with van der Waals surface area (Å²) in [6.45, 7) is 3.96. The van der Waals surface area contributed by atoms with Gasteiger partial charge in [-0.05, 0) is 55.2 Å². The van der Waals surface area contributed by atoms with E-state index < -0.39 is 6.10 Å². The second-order valence-electron chi connectivity index (χ2n) is 6.73. The lowest BCUT2D eigenvalue weighted by atomic mass is 10.1. The number of hydrogen-bond donors (Lipinski definition) is 1. The van der Waals surface area contributed by atoms with Crippen LogP contribution in [0.25, 0.3) is 0 Å². The molecule has 2 aromatic carbocycles. The first-order valence-corrected chi connectivity index (χ1v) is 8.89. The van der Waals surface area contributed by atoms with Crippen molar-refractivity contribution in [1.29, 1.82) is 0 Å². The number of rotatable bonds is 9. The zero-order valence-electron chi connectivity index (χ0n) is 15.0. The maximum atomic E-state index is 10.4. The zero-order chi connectivity index (χ0) is 17.6. The number of nitrogens with zero attached hydrogens (tertiary/aromatic N) is 1. The third-order valence-electron chi connectivity index (χ3n) is 4.65. The molecule has 0 aromatic heterocycles. The SMILES string of the molecule is COc1ccc(OC[C@@H](O)CN(Cc2ccccc2C)C2CC2)cc1. The quantitative estimate of drug-likeness (QED) is 0.759. The first-order valence-electron chi connectivity index (χ1n) is 8.89. The summed E-state index contributed by atoms with van der Waals surface area (Å²) in [5.74, 6) is 1.54. The van der Waals surface area contributed by atoms with Gasteiger partial charge in [0.2, 0.25) is 0 Å². The van der Waals surface area contributed by atoms with Crippen LogP contribution in [-0.2, 0) is 6.54 Å². The fourth-order valence-electron chi connectivity index (χ4n) is 2.98. The van der Waals surface area contributed by atoms with Gasteiger partial charge in [0.25, 0.3) is 0 Å². The van der Waals surface area contributed by atoms with E-state index in [-0.39, 0.29) is 0 Å². The third-order valence-corrected chi connectivity index (χ3v) is 4.65. The van der Waals surface area contributed by atoms with Crippen LogP contribution in [0.1, 0.15) is 24.0 Å². The molecule has 1 fully saturated rings. The Labute approximate surface area is 150 Å². The number of aryl methyl sites for hydroxylation is 1. The highest BCUT2D eigenvalue weighted by atomic mass is 16.5. The Balaban J connectivity index is 1.52. The highest BCUT2D eigenvalue weighted by Gasteiger charge is 2.30. The normalized spacial score (nSPS) is 15.2. The van der Waals surface area contributed by atoms with E-state index in [0.717, 1.165) is 18.0 Å². The van der Waals surface area contributed by atoms with Crippen LogP contribution in [0.3, 0.4) is 0 Å². The van der Waals surface area contributed by atoms with Gasteiger partial charge in [0.05, 0.1) is 7.11 Å². The number of benzene rings is 2. The van der Waals surface area contributed by atoms with E-state index in [9.17, 15) is 5.11 Å². The second kappa shape index (κ2) is 8.37. The van der Waals surface area contributed by atoms with Crippen LogP contribution in [0, 0.1) is 6.92 Å². The standard InChI is InChI=1S/C21H27NO3/c1-16-5-3-4-6-17(16)13-22(18-7-8-18)14-19(23)15-25-21-11-9-20(24-2)10-12-21/h3-6,9-12,18-19,23H,7-8,13-15H2,1-2H3/t19-/m0/s1. The maximum Gasteiger partial charge on any atom is 0.119 e. The third kappa shape index (κ3) is 5.21. The summed E-state index contributed by atoms with van der Waals surface area (Å²) in [7, 11) is 1.64. The van der Waals surface area contributed by atoms with E-state index >= 15 is 0 Å². The van der Waals surface area contributed by atoms with Crippen molar-refractivity contribution in [2.24, 2.45) is 0 Å². The van der Waals surface area contributed by atoms with Crippen LogP contribution < -0.4 is 9.47 Å². The Morgan fingerprint density at radius 1 is 1.08 bits per heavy atom. The van der Waals surface area contributed by atoms with Crippen molar-refractivity contribution < 1.29 is 14.6 Å². The minimum Gasteiger partial charge on any atom is -0.497 e. The molecule has 0 saturated heterocycles. The largest absolute Gasteiger partial charge is 0.497 e. The predicted octanol–water partition coefficient (Wildman–Crippen LogP) is 3.41. The average molecular weight is 341 g/mol. The monoisotopic (exact) mass is 341 g/mol. The molecule has 0 bridgehead atoms. The first-order chi connectivity index (χ1) is 12.2. The van der Waals surface area contributed by atoms with Gasteiger partial charge in [-0.2, -0.15) is 0 Å². The number of aliphatic hydroxyl groups is 1. The summed E-state index contributed by atoms with van der Waals surface area (Å²) >= 11 is 0. The fraction of sp³-hybridized carbons (Fsp3) is 0.429. The molecule has 1 atom stereocenters. The summed E-state index contributed by atoms with van der Waals surface area (Å²) in [5.41, 5.74) is 2.63. The average Bonchev–Trinajstić information content (AvgIpc) is 3.47. The first kappa shape index (κ1) is 17.8. The Bertz CT molecular complexity index is 667. The van der Waals surface area contributed by atoms with Gasteiger partial charge in [0.1, 0.15) is 24.2 Å². The van der Waals surface area contributed by atoms with Gasteiger partial charge >= 0.3 is 0 Å². The molecule has 2 aromatic rings. The molecule has 0 radical (unpaired) electrons. The van der Waals surface area contributed by atoms with Crippen molar-refractivity contribution in [1.82, 2.24) is 4.90 Å². The molecule has 1 saturated carbocycles. The van der Waals surface area contributed by atoms with Crippen molar-refractivity contribution in [2.75, 3.05) is 20.3 Å². The lowest BCUT2D eigenvalue weighted by molar-refractivity contribution is 0.0625. The highest BCUT2D eigenvalue weighted by molar-refractivity contribution is 5.31. The molecule has 4 heteroatoms. The van der Waals surface area contributed by atoms with Gasteiger partial charge in [-0.25, -0.2) is 0 Å². The highest BCUT2D eigenvalue weighted by Crippen LogP contribution is 2.29. The second-order valence-corrected chi connectivity index (χ2v) is 6.73. The van der Waals surface area contributed by atoms with Gasteiger partial charge in [0.15, 0.2) is 0 Å². The summed E-state index contributed by atoms with van der Waals surface area (Å²) in [6, 6.07) is 16.5. The van der Waals surface area contributed by atoms with Gasteiger partial charge in [0, 0.05) is 19.1 Å². The Hall–Kier alpha value is -2.04. The van der Waals surface area contributed by atoms with Crippen molar-refractivity contribution >= 4 is 0 Å². The molecule has 25 heavy (non-hydrogen) atoms. The molecule has 0 amide bonds. The Morgan fingerprint density at radius 3 is 2.40 bits per heavy atom. The van der Waals surface area contributed by atoms with Crippen LogP contribution in [0.4, 0.5) is 0 Å². The van der Waals surface area contributed by atoms with Crippen molar-refractivity contribution in [2.45, 2.75) is 38.5 Å². The molecule has 3 rings (SSSR count). The van der Waals surface area contributed by atoms with E-state index in [1.807, 2.05) is 24.3 Å². The van der Waals surface area contributed by atoms with E-state index in [1.54, 1.807) is 7.11 Å². The number of methoxy groups -OCH3 is 1. The lowest BCUT2D eigenvalue weighted by Gasteiger charge is -2.25. The molecule has 4 nitrogen and oxygen atoms in total. The van der Waals surface area contributed by atoms with E-state index in [2.05, 4.69) is 36.1 Å². The van der Waals surface area contributed by atoms with Crippen molar-refractivity contribution in [3.8, 4) is 11.5 Å². The lowest BCUT2D eigenvalue weighted by Crippen LogP contribution is -2.36. The molecule has 1 aliphatic rings. The molecule has 134 valence electrons.